The molecule has 78 valence electrons. The molecule has 0 bridgehead atoms. The van der Waals surface area contributed by atoms with Crippen molar-refractivity contribution in [2.24, 2.45) is 11.1 Å². The van der Waals surface area contributed by atoms with Crippen LogP contribution in [0.15, 0.2) is 0 Å². The molecule has 0 saturated carbocycles. The van der Waals surface area contributed by atoms with Crippen LogP contribution in [-0.4, -0.2) is 18.0 Å². The van der Waals surface area contributed by atoms with Crippen molar-refractivity contribution in [2.45, 2.75) is 46.6 Å². The lowest BCUT2D eigenvalue weighted by Gasteiger charge is -2.32. The van der Waals surface area contributed by atoms with E-state index in [1.165, 1.54) is 6.92 Å². The number of rotatable bonds is 4. The first-order chi connectivity index (χ1) is 5.62. The monoisotopic (exact) mass is 186 g/mol. The zero-order valence-corrected chi connectivity index (χ0v) is 9.40. The lowest BCUT2D eigenvalue weighted by Crippen LogP contribution is -2.42. The molecule has 0 rings (SSSR count). The summed E-state index contributed by atoms with van der Waals surface area (Å²) in [5.74, 6) is 0.0166. The van der Waals surface area contributed by atoms with Crippen LogP contribution in [0.2, 0.25) is 0 Å². The van der Waals surface area contributed by atoms with Gasteiger partial charge in [-0.25, -0.2) is 0 Å². The molecule has 0 unspecified atom stereocenters. The Hall–Kier alpha value is -0.570. The van der Waals surface area contributed by atoms with Gasteiger partial charge in [-0.05, 0) is 25.7 Å². The van der Waals surface area contributed by atoms with Gasteiger partial charge in [0, 0.05) is 19.0 Å². The lowest BCUT2D eigenvalue weighted by atomic mass is 9.80. The standard InChI is InChI=1S/C10H22N2O/c1-8(13)12-7-9(2,3)6-10(4,5)11/h6-7,11H2,1-5H3,(H,12,13). The molecule has 3 heteroatoms. The summed E-state index contributed by atoms with van der Waals surface area (Å²) < 4.78 is 0. The second-order valence-electron chi connectivity index (χ2n) is 5.24. The van der Waals surface area contributed by atoms with Gasteiger partial charge in [0.1, 0.15) is 0 Å². The summed E-state index contributed by atoms with van der Waals surface area (Å²) in [6, 6.07) is 0. The SMILES string of the molecule is CC(=O)NCC(C)(C)CC(C)(C)N. The molecule has 0 aromatic rings. The van der Waals surface area contributed by atoms with Crippen LogP contribution in [-0.2, 0) is 4.79 Å². The molecule has 0 spiro atoms. The third-order valence-corrected chi connectivity index (χ3v) is 1.75. The van der Waals surface area contributed by atoms with Gasteiger partial charge in [0.2, 0.25) is 5.91 Å². The number of hydrogen-bond donors (Lipinski definition) is 2. The first-order valence-electron chi connectivity index (χ1n) is 4.66. The summed E-state index contributed by atoms with van der Waals surface area (Å²) in [7, 11) is 0. The fourth-order valence-corrected chi connectivity index (χ4v) is 1.66. The Morgan fingerprint density at radius 3 is 2.08 bits per heavy atom. The summed E-state index contributed by atoms with van der Waals surface area (Å²) in [5, 5.41) is 2.81. The van der Waals surface area contributed by atoms with E-state index in [2.05, 4.69) is 19.2 Å². The van der Waals surface area contributed by atoms with E-state index in [4.69, 9.17) is 5.73 Å². The average molecular weight is 186 g/mol. The number of carbonyl (C=O) groups excluding carboxylic acids is 1. The molecule has 0 saturated heterocycles. The largest absolute Gasteiger partial charge is 0.356 e. The number of nitrogens with one attached hydrogen (secondary N) is 1. The third-order valence-electron chi connectivity index (χ3n) is 1.75. The summed E-state index contributed by atoms with van der Waals surface area (Å²) >= 11 is 0. The maximum absolute atomic E-state index is 10.7. The van der Waals surface area contributed by atoms with E-state index in [-0.39, 0.29) is 16.9 Å². The fraction of sp³-hybridized carbons (Fsp3) is 0.900. The molecule has 0 heterocycles. The lowest BCUT2D eigenvalue weighted by molar-refractivity contribution is -0.119. The highest BCUT2D eigenvalue weighted by Gasteiger charge is 2.25. The van der Waals surface area contributed by atoms with Gasteiger partial charge in [-0.15, -0.1) is 0 Å². The number of carbonyl (C=O) groups is 1. The van der Waals surface area contributed by atoms with Gasteiger partial charge in [-0.2, -0.15) is 0 Å². The Balaban J connectivity index is 4.01. The minimum Gasteiger partial charge on any atom is -0.356 e. The third kappa shape index (κ3) is 7.78. The van der Waals surface area contributed by atoms with Gasteiger partial charge in [0.25, 0.3) is 0 Å². The van der Waals surface area contributed by atoms with Crippen LogP contribution >= 0.6 is 0 Å². The van der Waals surface area contributed by atoms with Crippen LogP contribution in [0, 0.1) is 5.41 Å². The van der Waals surface area contributed by atoms with Crippen molar-refractivity contribution in [2.75, 3.05) is 6.54 Å². The minimum absolute atomic E-state index is 0.0166. The Morgan fingerprint density at radius 2 is 1.77 bits per heavy atom. The Kier molecular flexibility index (Phi) is 3.91. The second kappa shape index (κ2) is 4.09. The fourth-order valence-electron chi connectivity index (χ4n) is 1.66. The van der Waals surface area contributed by atoms with Crippen molar-refractivity contribution in [1.29, 1.82) is 0 Å². The van der Waals surface area contributed by atoms with E-state index in [0.717, 1.165) is 6.42 Å². The molecule has 0 aromatic carbocycles. The first kappa shape index (κ1) is 12.4. The van der Waals surface area contributed by atoms with Crippen LogP contribution in [0.4, 0.5) is 0 Å². The van der Waals surface area contributed by atoms with Gasteiger partial charge < -0.3 is 11.1 Å². The molecular weight excluding hydrogens is 164 g/mol. The van der Waals surface area contributed by atoms with Crippen LogP contribution in [0.5, 0.6) is 0 Å². The smallest absolute Gasteiger partial charge is 0.216 e. The second-order valence-corrected chi connectivity index (χ2v) is 5.24. The predicted molar refractivity (Wildman–Crippen MR) is 55.3 cm³/mol. The quantitative estimate of drug-likeness (QED) is 0.695. The van der Waals surface area contributed by atoms with E-state index in [0.29, 0.717) is 6.54 Å². The first-order valence-corrected chi connectivity index (χ1v) is 4.66. The van der Waals surface area contributed by atoms with Crippen molar-refractivity contribution in [3.8, 4) is 0 Å². The summed E-state index contributed by atoms with van der Waals surface area (Å²) in [6.45, 7) is 10.4. The molecule has 1 amide bonds. The van der Waals surface area contributed by atoms with Gasteiger partial charge in [0.05, 0.1) is 0 Å². The van der Waals surface area contributed by atoms with Gasteiger partial charge in [-0.3, -0.25) is 4.79 Å². The highest BCUT2D eigenvalue weighted by Crippen LogP contribution is 2.25. The summed E-state index contributed by atoms with van der Waals surface area (Å²) in [5.41, 5.74) is 5.80. The summed E-state index contributed by atoms with van der Waals surface area (Å²) in [4.78, 5) is 10.7. The molecule has 0 fully saturated rings. The Labute approximate surface area is 81.1 Å². The molecule has 0 radical (unpaired) electrons. The summed E-state index contributed by atoms with van der Waals surface area (Å²) in [6.07, 6.45) is 0.889. The van der Waals surface area contributed by atoms with E-state index >= 15 is 0 Å². The Morgan fingerprint density at radius 1 is 1.31 bits per heavy atom. The normalized spacial score (nSPS) is 12.8. The van der Waals surface area contributed by atoms with E-state index in [1.54, 1.807) is 0 Å². The van der Waals surface area contributed by atoms with Crippen molar-refractivity contribution < 1.29 is 4.79 Å². The predicted octanol–water partition coefficient (Wildman–Crippen LogP) is 1.28. The molecule has 0 atom stereocenters. The van der Waals surface area contributed by atoms with Crippen molar-refractivity contribution in [1.82, 2.24) is 5.32 Å². The molecule has 0 aliphatic heterocycles. The topological polar surface area (TPSA) is 55.1 Å². The van der Waals surface area contributed by atoms with E-state index < -0.39 is 0 Å². The van der Waals surface area contributed by atoms with Gasteiger partial charge in [-0.1, -0.05) is 13.8 Å². The number of amides is 1. The molecule has 0 aliphatic carbocycles. The van der Waals surface area contributed by atoms with E-state index in [1.807, 2.05) is 13.8 Å². The number of nitrogens with two attached hydrogens (primary N) is 1. The highest BCUT2D eigenvalue weighted by molar-refractivity contribution is 5.72. The molecule has 13 heavy (non-hydrogen) atoms. The highest BCUT2D eigenvalue weighted by atomic mass is 16.1. The molecule has 3 N–H and O–H groups in total. The number of hydrogen-bond acceptors (Lipinski definition) is 2. The van der Waals surface area contributed by atoms with E-state index in [9.17, 15) is 4.79 Å². The van der Waals surface area contributed by atoms with Crippen molar-refractivity contribution in [3.05, 3.63) is 0 Å². The van der Waals surface area contributed by atoms with Crippen LogP contribution in [0.25, 0.3) is 0 Å². The minimum atomic E-state index is -0.179. The maximum Gasteiger partial charge on any atom is 0.216 e. The molecule has 0 aliphatic rings. The zero-order valence-electron chi connectivity index (χ0n) is 9.40. The molecule has 3 nitrogen and oxygen atoms in total. The maximum atomic E-state index is 10.7. The van der Waals surface area contributed by atoms with Crippen LogP contribution < -0.4 is 11.1 Å². The zero-order chi connectivity index (χ0) is 10.7. The Bertz CT molecular complexity index is 180. The van der Waals surface area contributed by atoms with Gasteiger partial charge in [0.15, 0.2) is 0 Å². The van der Waals surface area contributed by atoms with Crippen LogP contribution in [0.3, 0.4) is 0 Å². The van der Waals surface area contributed by atoms with Crippen molar-refractivity contribution >= 4 is 5.91 Å². The van der Waals surface area contributed by atoms with Crippen LogP contribution in [0.1, 0.15) is 41.0 Å². The van der Waals surface area contributed by atoms with Crippen molar-refractivity contribution in [3.63, 3.8) is 0 Å². The van der Waals surface area contributed by atoms with Gasteiger partial charge >= 0.3 is 0 Å². The average Bonchev–Trinajstić information content (AvgIpc) is 1.78. The molecular formula is C10H22N2O. The molecule has 0 aromatic heterocycles.